The van der Waals surface area contributed by atoms with E-state index >= 15 is 0 Å². The van der Waals surface area contributed by atoms with Gasteiger partial charge in [-0.2, -0.15) is 13.7 Å². The van der Waals surface area contributed by atoms with E-state index in [9.17, 15) is 22.1 Å². The number of benzene rings is 2. The normalized spacial score (nSPS) is 15.2. The molecule has 0 N–H and O–H groups in total. The largest absolute Gasteiger partial charge is 0.383 e. The first-order valence-electron chi connectivity index (χ1n) is 9.01. The lowest BCUT2D eigenvalue weighted by Gasteiger charge is -2.22. The molecular weight excluding hydrogens is 495 g/mol. The van der Waals surface area contributed by atoms with Crippen LogP contribution in [0.25, 0.3) is 0 Å². The van der Waals surface area contributed by atoms with Gasteiger partial charge in [-0.05, 0) is 55.5 Å². The van der Waals surface area contributed by atoms with Gasteiger partial charge in [-0.25, -0.2) is 12.7 Å². The molecule has 0 unspecified atom stereocenters. The molecule has 7 nitrogen and oxygen atoms in total. The summed E-state index contributed by atoms with van der Waals surface area (Å²) in [6.45, 7) is 1.35. The maximum Gasteiger partial charge on any atom is 0.338 e. The Morgan fingerprint density at radius 3 is 1.84 bits per heavy atom. The molecule has 0 amide bonds. The molecule has 11 heteroatoms. The Morgan fingerprint density at radius 1 is 0.906 bits per heavy atom. The molecule has 2 aromatic rings. The lowest BCUT2D eigenvalue weighted by molar-refractivity contribution is 0.402. The maximum atomic E-state index is 12.7. The highest BCUT2D eigenvalue weighted by atomic mass is 35.5. The van der Waals surface area contributed by atoms with Crippen LogP contribution in [0.2, 0.25) is 10.0 Å². The fourth-order valence-electron chi connectivity index (χ4n) is 2.80. The minimum Gasteiger partial charge on any atom is -0.383 e. The molecule has 1 aliphatic heterocycles. The molecule has 0 spiro atoms. The van der Waals surface area contributed by atoms with Crippen LogP contribution in [0.3, 0.4) is 0 Å². The Morgan fingerprint density at radius 2 is 1.38 bits per heavy atom. The molecule has 0 bridgehead atoms. The highest BCUT2D eigenvalue weighted by Gasteiger charge is 2.25. The summed E-state index contributed by atoms with van der Waals surface area (Å²) in [5, 5.41) is 10.3. The second-order valence-corrected chi connectivity index (χ2v) is 10.8. The van der Waals surface area contributed by atoms with E-state index in [1.54, 1.807) is 0 Å². The molecule has 3 rings (SSSR count). The number of nitrogens with zero attached hydrogens (tertiary/aromatic N) is 2. The number of nitriles is 1. The molecule has 0 saturated carbocycles. The van der Waals surface area contributed by atoms with Crippen LogP contribution in [-0.4, -0.2) is 21.1 Å². The van der Waals surface area contributed by atoms with Gasteiger partial charge in [-0.15, -0.1) is 0 Å². The number of hydrogen-bond acceptors (Lipinski definition) is 6. The minimum absolute atomic E-state index is 0.0126. The average Bonchev–Trinajstić information content (AvgIpc) is 2.75. The quantitative estimate of drug-likeness (QED) is 0.312. The van der Waals surface area contributed by atoms with Crippen molar-refractivity contribution in [2.24, 2.45) is 5.92 Å². The molecule has 0 fully saturated rings. The van der Waals surface area contributed by atoms with E-state index in [-0.39, 0.29) is 21.1 Å². The summed E-state index contributed by atoms with van der Waals surface area (Å²) in [7, 11) is -8.04. The molecule has 0 aromatic heterocycles. The van der Waals surface area contributed by atoms with Crippen molar-refractivity contribution in [1.82, 2.24) is 4.31 Å². The van der Waals surface area contributed by atoms with Gasteiger partial charge < -0.3 is 4.18 Å². The Bertz CT molecular complexity index is 1340. The number of hydrogen-bond donors (Lipinski definition) is 0. The summed E-state index contributed by atoms with van der Waals surface area (Å²) < 4.78 is 56.5. The third-order valence-electron chi connectivity index (χ3n) is 4.44. The molecule has 0 saturated heterocycles. The highest BCUT2D eigenvalue weighted by Crippen LogP contribution is 2.28. The first-order valence-corrected chi connectivity index (χ1v) is 12.6. The van der Waals surface area contributed by atoms with Crippen LogP contribution in [0.4, 0.5) is 0 Å². The first-order chi connectivity index (χ1) is 15.0. The second-order valence-electron chi connectivity index (χ2n) is 6.57. The van der Waals surface area contributed by atoms with Crippen molar-refractivity contribution in [2.75, 3.05) is 0 Å². The Hall–Kier alpha value is -2.77. The van der Waals surface area contributed by atoms with Crippen molar-refractivity contribution in [3.8, 4) is 6.07 Å². The Labute approximate surface area is 196 Å². The minimum atomic E-state index is -4.18. The SMILES string of the molecule is C/C(OS(=O)(=O)c1ccc(Cl)cc1)=C(/C#N)C1C=CN(S(=O)(=O)c2ccc(Cl)cc2)C=C1. The average molecular weight is 511 g/mol. The van der Waals surface area contributed by atoms with E-state index in [0.29, 0.717) is 10.0 Å². The summed E-state index contributed by atoms with van der Waals surface area (Å²) >= 11 is 11.6. The lowest BCUT2D eigenvalue weighted by Crippen LogP contribution is -2.23. The van der Waals surface area contributed by atoms with E-state index < -0.39 is 26.1 Å². The molecule has 1 heterocycles. The molecule has 2 aromatic carbocycles. The molecule has 32 heavy (non-hydrogen) atoms. The predicted octanol–water partition coefficient (Wildman–Crippen LogP) is 4.84. The fourth-order valence-corrected chi connectivity index (χ4v) is 5.22. The fraction of sp³-hybridized carbons (Fsp3) is 0.0952. The first kappa shape index (κ1) is 23.9. The third-order valence-corrected chi connectivity index (χ3v) is 7.93. The zero-order valence-corrected chi connectivity index (χ0v) is 19.7. The number of halogens is 2. The van der Waals surface area contributed by atoms with Crippen molar-refractivity contribution in [2.45, 2.75) is 16.7 Å². The predicted molar refractivity (Wildman–Crippen MR) is 120 cm³/mol. The van der Waals surface area contributed by atoms with Gasteiger partial charge >= 0.3 is 10.1 Å². The molecule has 1 aliphatic rings. The van der Waals surface area contributed by atoms with Crippen LogP contribution in [0.1, 0.15) is 6.92 Å². The highest BCUT2D eigenvalue weighted by molar-refractivity contribution is 7.89. The summed E-state index contributed by atoms with van der Waals surface area (Å²) in [6, 6.07) is 13.0. The van der Waals surface area contributed by atoms with Crippen LogP contribution in [0.15, 0.2) is 94.2 Å². The van der Waals surface area contributed by atoms with Gasteiger partial charge in [0.1, 0.15) is 10.7 Å². The summed E-state index contributed by atoms with van der Waals surface area (Å²) in [6.07, 6.45) is 5.47. The van der Waals surface area contributed by atoms with Crippen LogP contribution in [0, 0.1) is 17.2 Å². The van der Waals surface area contributed by atoms with Gasteiger partial charge in [0.15, 0.2) is 0 Å². The van der Waals surface area contributed by atoms with Crippen LogP contribution in [0.5, 0.6) is 0 Å². The molecule has 0 aliphatic carbocycles. The standard InChI is InChI=1S/C21H16Cl2N2O5S2/c1-15(30-32(28,29)20-8-4-18(23)5-9-20)21(14-24)16-10-12-25(13-11-16)31(26,27)19-6-2-17(22)3-7-19/h2-13,16H,1H3/b21-15+. The zero-order valence-electron chi connectivity index (χ0n) is 16.5. The Kier molecular flexibility index (Phi) is 7.00. The summed E-state index contributed by atoms with van der Waals surface area (Å²) in [4.78, 5) is -0.0761. The van der Waals surface area contributed by atoms with Gasteiger partial charge in [0.25, 0.3) is 10.0 Å². The van der Waals surface area contributed by atoms with E-state index in [1.807, 2.05) is 6.07 Å². The second kappa shape index (κ2) is 9.38. The van der Waals surface area contributed by atoms with E-state index in [1.165, 1.54) is 80.0 Å². The third kappa shape index (κ3) is 5.16. The van der Waals surface area contributed by atoms with Gasteiger partial charge in [0.2, 0.25) is 0 Å². The van der Waals surface area contributed by atoms with Crippen LogP contribution >= 0.6 is 23.2 Å². The Balaban J connectivity index is 1.82. The number of allylic oxidation sites excluding steroid dienone is 4. The van der Waals surface area contributed by atoms with Gasteiger partial charge in [-0.3, -0.25) is 0 Å². The van der Waals surface area contributed by atoms with Crippen molar-refractivity contribution < 1.29 is 21.0 Å². The molecule has 0 radical (unpaired) electrons. The molecule has 0 atom stereocenters. The van der Waals surface area contributed by atoms with Crippen molar-refractivity contribution in [1.29, 1.82) is 5.26 Å². The van der Waals surface area contributed by atoms with Gasteiger partial charge in [0, 0.05) is 28.4 Å². The summed E-state index contributed by atoms with van der Waals surface area (Å²) in [5.41, 5.74) is 0.0126. The van der Waals surface area contributed by atoms with Crippen LogP contribution < -0.4 is 0 Å². The van der Waals surface area contributed by atoms with Crippen LogP contribution in [-0.2, 0) is 24.3 Å². The molecule has 166 valence electrons. The topological polar surface area (TPSA) is 105 Å². The van der Waals surface area contributed by atoms with Crippen molar-refractivity contribution >= 4 is 43.3 Å². The molecular formula is C21H16Cl2N2O5S2. The van der Waals surface area contributed by atoms with Crippen molar-refractivity contribution in [3.63, 3.8) is 0 Å². The van der Waals surface area contributed by atoms with Gasteiger partial charge in [0.05, 0.1) is 16.5 Å². The zero-order chi connectivity index (χ0) is 23.5. The van der Waals surface area contributed by atoms with E-state index in [4.69, 9.17) is 27.4 Å². The smallest absolute Gasteiger partial charge is 0.338 e. The summed E-state index contributed by atoms with van der Waals surface area (Å²) in [5.74, 6) is -0.812. The maximum absolute atomic E-state index is 12.7. The van der Waals surface area contributed by atoms with Gasteiger partial charge in [-0.1, -0.05) is 35.4 Å². The monoisotopic (exact) mass is 510 g/mol. The van der Waals surface area contributed by atoms with E-state index in [0.717, 1.165) is 4.31 Å². The van der Waals surface area contributed by atoms with Crippen molar-refractivity contribution in [3.05, 3.63) is 94.5 Å². The number of rotatable bonds is 6. The lowest BCUT2D eigenvalue weighted by atomic mass is 9.98. The number of sulfonamides is 1. The van der Waals surface area contributed by atoms with E-state index in [2.05, 4.69) is 0 Å².